The quantitative estimate of drug-likeness (QED) is 0.228. The van der Waals surface area contributed by atoms with Gasteiger partial charge in [-0.25, -0.2) is 0 Å². The van der Waals surface area contributed by atoms with Crippen LogP contribution in [0.15, 0.2) is 78.9 Å². The fraction of sp³-hybridized carbons (Fsp3) is 0.474. The van der Waals surface area contributed by atoms with Gasteiger partial charge in [-0.3, -0.25) is 9.59 Å². The molecule has 1 atom stereocenters. The van der Waals surface area contributed by atoms with Crippen LogP contribution in [0.1, 0.15) is 72.9 Å². The number of hydrogen-bond acceptors (Lipinski definition) is 3. The third-order valence-corrected chi connectivity index (χ3v) is 11.3. The second-order valence-corrected chi connectivity index (χ2v) is 14.3. The molecule has 246 valence electrons. The summed E-state index contributed by atoms with van der Waals surface area (Å²) in [6.07, 6.45) is 8.78. The molecule has 0 radical (unpaired) electrons. The third-order valence-electron chi connectivity index (χ3n) is 10.6. The molecule has 0 bridgehead atoms. The number of halogens is 3. The molecule has 3 heterocycles. The van der Waals surface area contributed by atoms with E-state index in [0.29, 0.717) is 22.5 Å². The zero-order chi connectivity index (χ0) is 31.3. The molecule has 0 spiro atoms. The fourth-order valence-corrected chi connectivity index (χ4v) is 8.33. The van der Waals surface area contributed by atoms with Crippen LogP contribution in [0.25, 0.3) is 0 Å². The summed E-state index contributed by atoms with van der Waals surface area (Å²) in [6.45, 7) is 6.09. The van der Waals surface area contributed by atoms with Crippen LogP contribution in [-0.4, -0.2) is 72.3 Å². The highest BCUT2D eigenvalue weighted by Crippen LogP contribution is 2.42. The number of benzene rings is 3. The van der Waals surface area contributed by atoms with Crippen molar-refractivity contribution in [1.29, 1.82) is 0 Å². The molecule has 0 aromatic heterocycles. The molecule has 3 aromatic rings. The lowest BCUT2D eigenvalue weighted by Crippen LogP contribution is -2.51. The number of hydrogen-bond donors (Lipinski definition) is 0. The van der Waals surface area contributed by atoms with Crippen molar-refractivity contribution in [3.8, 4) is 0 Å². The molecular formula is C38H46Cl3N3O2. The lowest BCUT2D eigenvalue weighted by molar-refractivity contribution is -0.144. The highest BCUT2D eigenvalue weighted by molar-refractivity contribution is 6.42. The zero-order valence-corrected chi connectivity index (χ0v) is 29.0. The van der Waals surface area contributed by atoms with E-state index in [4.69, 9.17) is 23.2 Å². The summed E-state index contributed by atoms with van der Waals surface area (Å²) in [5.41, 5.74) is 2.66. The largest absolute Gasteiger partial charge is 0.342 e. The molecule has 3 aromatic carbocycles. The molecule has 1 unspecified atom stereocenters. The van der Waals surface area contributed by atoms with Gasteiger partial charge in [0.25, 0.3) is 5.91 Å². The van der Waals surface area contributed by atoms with Crippen molar-refractivity contribution < 1.29 is 9.59 Å². The summed E-state index contributed by atoms with van der Waals surface area (Å²) in [5, 5.41) is 1.12. The molecule has 3 fully saturated rings. The maximum absolute atomic E-state index is 13.9. The first-order chi connectivity index (χ1) is 21.9. The summed E-state index contributed by atoms with van der Waals surface area (Å²) in [7, 11) is 0. The lowest BCUT2D eigenvalue weighted by atomic mass is 9.70. The minimum absolute atomic E-state index is 0. The fourth-order valence-electron chi connectivity index (χ4n) is 8.03. The molecule has 0 aliphatic carbocycles. The van der Waals surface area contributed by atoms with Crippen molar-refractivity contribution in [2.24, 2.45) is 5.41 Å². The van der Waals surface area contributed by atoms with E-state index in [1.807, 2.05) is 47.4 Å². The molecule has 0 saturated carbocycles. The highest BCUT2D eigenvalue weighted by atomic mass is 35.5. The monoisotopic (exact) mass is 681 g/mol. The van der Waals surface area contributed by atoms with E-state index in [-0.39, 0.29) is 29.1 Å². The minimum Gasteiger partial charge on any atom is -0.342 e. The van der Waals surface area contributed by atoms with E-state index in [0.717, 1.165) is 103 Å². The number of amides is 2. The Labute approximate surface area is 290 Å². The smallest absolute Gasteiger partial charge is 0.253 e. The van der Waals surface area contributed by atoms with Crippen molar-refractivity contribution >= 4 is 47.4 Å². The second kappa shape index (κ2) is 15.6. The van der Waals surface area contributed by atoms with E-state index in [1.54, 1.807) is 0 Å². The van der Waals surface area contributed by atoms with Crippen LogP contribution in [0.5, 0.6) is 0 Å². The van der Waals surface area contributed by atoms with Gasteiger partial charge in [0.2, 0.25) is 5.91 Å². The summed E-state index contributed by atoms with van der Waals surface area (Å²) in [6, 6.07) is 26.2. The van der Waals surface area contributed by atoms with Crippen molar-refractivity contribution in [2.45, 2.75) is 63.2 Å². The molecule has 3 saturated heterocycles. The van der Waals surface area contributed by atoms with Gasteiger partial charge in [0.1, 0.15) is 0 Å². The minimum atomic E-state index is -0.314. The van der Waals surface area contributed by atoms with Crippen LogP contribution in [0.2, 0.25) is 10.0 Å². The zero-order valence-electron chi connectivity index (χ0n) is 26.6. The van der Waals surface area contributed by atoms with E-state index in [9.17, 15) is 9.59 Å². The summed E-state index contributed by atoms with van der Waals surface area (Å²) in [5.74, 6) is 0.459. The summed E-state index contributed by atoms with van der Waals surface area (Å²) < 4.78 is 0. The summed E-state index contributed by atoms with van der Waals surface area (Å²) in [4.78, 5) is 34.2. The molecule has 3 aliphatic rings. The van der Waals surface area contributed by atoms with Crippen molar-refractivity contribution in [2.75, 3.05) is 45.8 Å². The van der Waals surface area contributed by atoms with E-state index < -0.39 is 0 Å². The van der Waals surface area contributed by atoms with Crippen LogP contribution >= 0.6 is 35.6 Å². The standard InChI is InChI=1S/C38H45Cl2N3O2.ClH/c39-33-16-15-32(27-34(33)40)38(18-10-24-43(29-38)35(44)31-13-5-2-6-14-31)17-9-21-41-25-19-37(20-26-41,28-30-11-3-1-4-12-30)36(45)42-22-7-8-23-42;/h1-6,11-16,27H,7-10,17-26,28-29H2;1H. The van der Waals surface area contributed by atoms with Gasteiger partial charge in [-0.1, -0.05) is 77.8 Å². The molecule has 8 heteroatoms. The average Bonchev–Trinajstić information content (AvgIpc) is 3.62. The van der Waals surface area contributed by atoms with Crippen LogP contribution in [0.4, 0.5) is 0 Å². The predicted molar refractivity (Wildman–Crippen MR) is 190 cm³/mol. The second-order valence-electron chi connectivity index (χ2n) is 13.5. The Hall–Kier alpha value is -2.57. The predicted octanol–water partition coefficient (Wildman–Crippen LogP) is 8.32. The number of piperidine rings is 2. The van der Waals surface area contributed by atoms with Crippen LogP contribution in [-0.2, 0) is 16.6 Å². The normalized spacial score (nSPS) is 21.5. The van der Waals surface area contributed by atoms with Crippen molar-refractivity contribution in [3.63, 3.8) is 0 Å². The van der Waals surface area contributed by atoms with Crippen LogP contribution in [0, 0.1) is 5.41 Å². The van der Waals surface area contributed by atoms with Gasteiger partial charge in [-0.15, -0.1) is 12.4 Å². The Kier molecular flexibility index (Phi) is 11.8. The number of nitrogens with zero attached hydrogens (tertiary/aromatic N) is 3. The van der Waals surface area contributed by atoms with Gasteiger partial charge in [0.05, 0.1) is 15.5 Å². The van der Waals surface area contributed by atoms with Gasteiger partial charge in [-0.2, -0.15) is 0 Å². The van der Waals surface area contributed by atoms with Crippen molar-refractivity contribution in [1.82, 2.24) is 14.7 Å². The first-order valence-electron chi connectivity index (χ1n) is 16.7. The number of rotatable bonds is 9. The third kappa shape index (κ3) is 7.76. The number of likely N-dealkylation sites (tertiary alicyclic amines) is 3. The van der Waals surface area contributed by atoms with Gasteiger partial charge in [0, 0.05) is 37.2 Å². The van der Waals surface area contributed by atoms with Gasteiger partial charge < -0.3 is 14.7 Å². The van der Waals surface area contributed by atoms with Crippen LogP contribution in [0.3, 0.4) is 0 Å². The Balaban J connectivity index is 0.00000417. The Morgan fingerprint density at radius 3 is 2.04 bits per heavy atom. The van der Waals surface area contributed by atoms with E-state index >= 15 is 0 Å². The highest BCUT2D eigenvalue weighted by Gasteiger charge is 2.44. The molecule has 5 nitrogen and oxygen atoms in total. The van der Waals surface area contributed by atoms with Gasteiger partial charge in [-0.05, 0) is 113 Å². The number of carbonyl (C=O) groups is 2. The first-order valence-corrected chi connectivity index (χ1v) is 17.5. The topological polar surface area (TPSA) is 43.9 Å². The van der Waals surface area contributed by atoms with E-state index in [1.165, 1.54) is 11.1 Å². The molecule has 2 amide bonds. The Bertz CT molecular complexity index is 1460. The Morgan fingerprint density at radius 1 is 0.717 bits per heavy atom. The SMILES string of the molecule is Cl.O=C(c1ccccc1)N1CCCC(CCCN2CCC(Cc3ccccc3)(C(=O)N3CCCC3)CC2)(c2ccc(Cl)c(Cl)c2)C1. The van der Waals surface area contributed by atoms with Gasteiger partial charge >= 0.3 is 0 Å². The maximum Gasteiger partial charge on any atom is 0.253 e. The first kappa shape index (κ1) is 34.8. The van der Waals surface area contributed by atoms with Crippen molar-refractivity contribution in [3.05, 3.63) is 106 Å². The Morgan fingerprint density at radius 2 is 1.37 bits per heavy atom. The molecule has 0 N–H and O–H groups in total. The average molecular weight is 683 g/mol. The van der Waals surface area contributed by atoms with Gasteiger partial charge in [0.15, 0.2) is 0 Å². The lowest BCUT2D eigenvalue weighted by Gasteiger charge is -2.45. The molecular weight excluding hydrogens is 637 g/mol. The maximum atomic E-state index is 13.9. The van der Waals surface area contributed by atoms with Crippen LogP contribution < -0.4 is 0 Å². The van der Waals surface area contributed by atoms with E-state index in [2.05, 4.69) is 46.2 Å². The molecule has 3 aliphatic heterocycles. The molecule has 6 rings (SSSR count). The molecule has 46 heavy (non-hydrogen) atoms. The summed E-state index contributed by atoms with van der Waals surface area (Å²) >= 11 is 12.9. The number of carbonyl (C=O) groups excluding carboxylic acids is 2.